The number of nitrogens with one attached hydrogen (secondary N) is 1. The standard InChI is InChI=1S/C29H28ClF3N4O2/c1-15-5-9-21(26-20(15)10-6-16(2)34-26)17(3)28(38)35-18-7-11-23(30)22(13-18)27-36-24-14-19(39-29(31,32)33)8-12-25(24)37(27)4/h6-8,10-15,17,21H,5,9H2,1-4H3,(H,35,38)/t15-,17-,21+/m1/s1. The lowest BCUT2D eigenvalue weighted by molar-refractivity contribution is -0.274. The Labute approximate surface area is 229 Å². The Bertz CT molecular complexity index is 1570. The average molecular weight is 557 g/mol. The molecule has 5 rings (SSSR count). The van der Waals surface area contributed by atoms with Gasteiger partial charge in [0.05, 0.1) is 16.1 Å². The molecule has 1 aliphatic carbocycles. The Balaban J connectivity index is 1.41. The van der Waals surface area contributed by atoms with Gasteiger partial charge in [-0.1, -0.05) is 31.5 Å². The van der Waals surface area contributed by atoms with Crippen LogP contribution in [-0.4, -0.2) is 26.8 Å². The van der Waals surface area contributed by atoms with Crippen LogP contribution in [0.25, 0.3) is 22.4 Å². The summed E-state index contributed by atoms with van der Waals surface area (Å²) in [6.45, 7) is 6.08. The predicted octanol–water partition coefficient (Wildman–Crippen LogP) is 7.75. The van der Waals surface area contributed by atoms with Crippen LogP contribution >= 0.6 is 11.6 Å². The third-order valence-corrected chi connectivity index (χ3v) is 7.80. The predicted molar refractivity (Wildman–Crippen MR) is 145 cm³/mol. The van der Waals surface area contributed by atoms with Gasteiger partial charge in [0.2, 0.25) is 5.91 Å². The number of carbonyl (C=O) groups excluding carboxylic acids is 1. The van der Waals surface area contributed by atoms with Gasteiger partial charge in [-0.05, 0) is 67.6 Å². The molecular weight excluding hydrogens is 529 g/mol. The molecule has 1 N–H and O–H groups in total. The van der Waals surface area contributed by atoms with Crippen LogP contribution < -0.4 is 10.1 Å². The molecule has 3 atom stereocenters. The molecule has 0 aliphatic heterocycles. The molecule has 2 aromatic heterocycles. The van der Waals surface area contributed by atoms with Gasteiger partial charge in [-0.25, -0.2) is 4.98 Å². The molecule has 1 aliphatic rings. The maximum Gasteiger partial charge on any atom is 0.573 e. The van der Waals surface area contributed by atoms with Crippen LogP contribution in [0.15, 0.2) is 48.5 Å². The zero-order chi connectivity index (χ0) is 28.1. The first-order valence-electron chi connectivity index (χ1n) is 12.7. The number of halogens is 4. The van der Waals surface area contributed by atoms with E-state index in [4.69, 9.17) is 16.6 Å². The summed E-state index contributed by atoms with van der Waals surface area (Å²) in [5.74, 6) is 0.0597. The van der Waals surface area contributed by atoms with Gasteiger partial charge in [-0.15, -0.1) is 13.2 Å². The number of aromatic nitrogens is 3. The lowest BCUT2D eigenvalue weighted by Crippen LogP contribution is -2.29. The Morgan fingerprint density at radius 2 is 1.90 bits per heavy atom. The zero-order valence-electron chi connectivity index (χ0n) is 21.9. The molecule has 0 spiro atoms. The second kappa shape index (κ2) is 10.2. The number of aryl methyl sites for hydroxylation is 2. The highest BCUT2D eigenvalue weighted by Crippen LogP contribution is 2.42. The molecule has 0 fully saturated rings. The van der Waals surface area contributed by atoms with Crippen molar-refractivity contribution in [3.8, 4) is 17.1 Å². The minimum Gasteiger partial charge on any atom is -0.406 e. The molecule has 0 unspecified atom stereocenters. The minimum absolute atomic E-state index is 0.0100. The first kappa shape index (κ1) is 27.0. The first-order valence-corrected chi connectivity index (χ1v) is 13.1. The highest BCUT2D eigenvalue weighted by Gasteiger charge is 2.34. The van der Waals surface area contributed by atoms with Gasteiger partial charge in [0.1, 0.15) is 11.6 Å². The fourth-order valence-corrected chi connectivity index (χ4v) is 5.54. The number of pyridine rings is 1. The third-order valence-electron chi connectivity index (χ3n) is 7.47. The average Bonchev–Trinajstić information content (AvgIpc) is 3.19. The quantitative estimate of drug-likeness (QED) is 0.273. The molecule has 10 heteroatoms. The van der Waals surface area contributed by atoms with Gasteiger partial charge < -0.3 is 14.6 Å². The van der Waals surface area contributed by atoms with E-state index in [-0.39, 0.29) is 23.5 Å². The third kappa shape index (κ3) is 5.45. The molecule has 0 radical (unpaired) electrons. The zero-order valence-corrected chi connectivity index (χ0v) is 22.7. The number of amides is 1. The molecule has 204 valence electrons. The molecular formula is C29H28ClF3N4O2. The fourth-order valence-electron chi connectivity index (χ4n) is 5.34. The van der Waals surface area contributed by atoms with E-state index in [1.165, 1.54) is 23.8 Å². The summed E-state index contributed by atoms with van der Waals surface area (Å²) < 4.78 is 43.8. The number of benzene rings is 2. The minimum atomic E-state index is -4.80. The van der Waals surface area contributed by atoms with E-state index in [9.17, 15) is 18.0 Å². The first-order chi connectivity index (χ1) is 18.4. The van der Waals surface area contributed by atoms with E-state index >= 15 is 0 Å². The van der Waals surface area contributed by atoms with Crippen LogP contribution in [0.4, 0.5) is 18.9 Å². The van der Waals surface area contributed by atoms with Crippen LogP contribution in [0.5, 0.6) is 5.75 Å². The van der Waals surface area contributed by atoms with E-state index in [1.807, 2.05) is 19.9 Å². The smallest absolute Gasteiger partial charge is 0.406 e. The van der Waals surface area contributed by atoms with Crippen LogP contribution in [0.2, 0.25) is 5.02 Å². The number of hydrogen-bond donors (Lipinski definition) is 1. The number of anilines is 1. The van der Waals surface area contributed by atoms with Crippen molar-refractivity contribution in [2.75, 3.05) is 5.32 Å². The highest BCUT2D eigenvalue weighted by molar-refractivity contribution is 6.33. The Kier molecular flexibility index (Phi) is 7.05. The number of fused-ring (bicyclic) bond motifs is 2. The second-order valence-electron chi connectivity index (χ2n) is 10.2. The van der Waals surface area contributed by atoms with E-state index in [2.05, 4.69) is 28.0 Å². The van der Waals surface area contributed by atoms with Crippen LogP contribution in [0, 0.1) is 12.8 Å². The summed E-state index contributed by atoms with van der Waals surface area (Å²) in [7, 11) is 1.75. The Hall–Kier alpha value is -3.59. The van der Waals surface area contributed by atoms with Crippen molar-refractivity contribution in [2.45, 2.75) is 51.8 Å². The number of alkyl halides is 3. The lowest BCUT2D eigenvalue weighted by Gasteiger charge is -2.32. The molecule has 0 saturated heterocycles. The topological polar surface area (TPSA) is 69.0 Å². The van der Waals surface area contributed by atoms with Crippen LogP contribution in [-0.2, 0) is 11.8 Å². The number of hydrogen-bond acceptors (Lipinski definition) is 4. The van der Waals surface area contributed by atoms with E-state index in [1.54, 1.807) is 29.8 Å². The van der Waals surface area contributed by atoms with Gasteiger partial charge in [0.25, 0.3) is 0 Å². The Morgan fingerprint density at radius 3 is 2.64 bits per heavy atom. The fraction of sp³-hybridized carbons (Fsp3) is 0.345. The number of carbonyl (C=O) groups is 1. The number of rotatable bonds is 5. The SMILES string of the molecule is Cc1ccc2c(n1)[C@H]([C@@H](C)C(=O)Nc1ccc(Cl)c(-c3nc4cc(OC(F)(F)F)ccc4n3C)c1)CC[C@H]2C. The van der Waals surface area contributed by atoms with Gasteiger partial charge in [-0.2, -0.15) is 0 Å². The van der Waals surface area contributed by atoms with E-state index in [0.717, 1.165) is 24.2 Å². The molecule has 4 aromatic rings. The molecule has 0 bridgehead atoms. The monoisotopic (exact) mass is 556 g/mol. The van der Waals surface area contributed by atoms with Crippen molar-refractivity contribution < 1.29 is 22.7 Å². The van der Waals surface area contributed by atoms with Gasteiger partial charge >= 0.3 is 6.36 Å². The summed E-state index contributed by atoms with van der Waals surface area (Å²) >= 11 is 6.51. The van der Waals surface area contributed by atoms with Crippen molar-refractivity contribution in [3.63, 3.8) is 0 Å². The number of ether oxygens (including phenoxy) is 1. The number of imidazole rings is 1. The lowest BCUT2D eigenvalue weighted by atomic mass is 9.75. The largest absolute Gasteiger partial charge is 0.573 e. The van der Waals surface area contributed by atoms with Crippen molar-refractivity contribution in [1.82, 2.24) is 14.5 Å². The normalized spacial score (nSPS) is 18.1. The number of nitrogens with zero attached hydrogens (tertiary/aromatic N) is 3. The molecule has 2 aromatic carbocycles. The summed E-state index contributed by atoms with van der Waals surface area (Å²) in [4.78, 5) is 22.7. The molecule has 6 nitrogen and oxygen atoms in total. The molecule has 1 amide bonds. The van der Waals surface area contributed by atoms with Crippen molar-refractivity contribution >= 4 is 34.2 Å². The van der Waals surface area contributed by atoms with Crippen molar-refractivity contribution in [2.24, 2.45) is 13.0 Å². The van der Waals surface area contributed by atoms with Crippen molar-refractivity contribution in [3.05, 3.63) is 70.5 Å². The molecule has 0 saturated carbocycles. The summed E-state index contributed by atoms with van der Waals surface area (Å²) in [5.41, 5.74) is 5.14. The van der Waals surface area contributed by atoms with Gasteiger partial charge in [-0.3, -0.25) is 9.78 Å². The molecule has 39 heavy (non-hydrogen) atoms. The van der Waals surface area contributed by atoms with Crippen LogP contribution in [0.3, 0.4) is 0 Å². The van der Waals surface area contributed by atoms with Crippen molar-refractivity contribution in [1.29, 1.82) is 0 Å². The summed E-state index contributed by atoms with van der Waals surface area (Å²) in [6.07, 6.45) is -2.93. The van der Waals surface area contributed by atoms with Crippen LogP contribution in [0.1, 0.15) is 55.5 Å². The Morgan fingerprint density at radius 1 is 1.13 bits per heavy atom. The van der Waals surface area contributed by atoms with Gasteiger partial charge in [0.15, 0.2) is 0 Å². The maximum absolute atomic E-state index is 13.4. The van der Waals surface area contributed by atoms with Gasteiger partial charge in [0, 0.05) is 47.6 Å². The van der Waals surface area contributed by atoms with E-state index in [0.29, 0.717) is 39.0 Å². The van der Waals surface area contributed by atoms with E-state index < -0.39 is 6.36 Å². The molecule has 2 heterocycles. The highest BCUT2D eigenvalue weighted by atomic mass is 35.5. The maximum atomic E-state index is 13.4. The summed E-state index contributed by atoms with van der Waals surface area (Å²) in [5, 5.41) is 3.40. The summed E-state index contributed by atoms with van der Waals surface area (Å²) in [6, 6.07) is 13.2. The second-order valence-corrected chi connectivity index (χ2v) is 10.6.